The molecule has 3 aromatic carbocycles. The molecular formula is C19H15IO. The van der Waals surface area contributed by atoms with Gasteiger partial charge in [-0.25, -0.2) is 0 Å². The van der Waals surface area contributed by atoms with E-state index in [4.69, 9.17) is 0 Å². The van der Waals surface area contributed by atoms with Crippen LogP contribution in [0.3, 0.4) is 0 Å². The molecule has 0 fully saturated rings. The molecule has 0 amide bonds. The maximum absolute atomic E-state index is 12.3. The zero-order valence-corrected chi connectivity index (χ0v) is 13.7. The number of carbonyl (C=O) groups excluding carboxylic acids is 1. The van der Waals surface area contributed by atoms with Crippen molar-refractivity contribution >= 4 is 39.1 Å². The minimum atomic E-state index is 0.257. The maximum Gasteiger partial charge on any atom is 0.141 e. The molecule has 3 rings (SSSR count). The second kappa shape index (κ2) is 6.39. The lowest BCUT2D eigenvalue weighted by Gasteiger charge is -2.06. The third-order valence-corrected chi connectivity index (χ3v) is 4.30. The van der Waals surface area contributed by atoms with Crippen molar-refractivity contribution in [2.75, 3.05) is 0 Å². The van der Waals surface area contributed by atoms with Crippen LogP contribution in [0.25, 0.3) is 10.8 Å². The molecule has 21 heavy (non-hydrogen) atoms. The van der Waals surface area contributed by atoms with E-state index in [-0.39, 0.29) is 5.78 Å². The van der Waals surface area contributed by atoms with Gasteiger partial charge in [-0.2, -0.15) is 0 Å². The molecular weight excluding hydrogens is 371 g/mol. The Hall–Kier alpha value is -1.68. The minimum absolute atomic E-state index is 0.257. The van der Waals surface area contributed by atoms with Crippen molar-refractivity contribution in [3.63, 3.8) is 0 Å². The number of halogens is 1. The second-order valence-corrected chi connectivity index (χ2v) is 6.40. The largest absolute Gasteiger partial charge is 0.299 e. The van der Waals surface area contributed by atoms with E-state index in [1.54, 1.807) is 0 Å². The summed E-state index contributed by atoms with van der Waals surface area (Å²) in [5.41, 5.74) is 2.20. The summed E-state index contributed by atoms with van der Waals surface area (Å²) in [6.07, 6.45) is 0.994. The van der Waals surface area contributed by atoms with Gasteiger partial charge in [0, 0.05) is 16.4 Å². The van der Waals surface area contributed by atoms with Gasteiger partial charge in [-0.05, 0) is 56.6 Å². The Labute approximate surface area is 138 Å². The number of benzene rings is 3. The van der Waals surface area contributed by atoms with Crippen LogP contribution >= 0.6 is 22.6 Å². The summed E-state index contributed by atoms with van der Waals surface area (Å²) in [6, 6.07) is 22.5. The number of hydrogen-bond donors (Lipinski definition) is 0. The van der Waals surface area contributed by atoms with Gasteiger partial charge in [-0.3, -0.25) is 4.79 Å². The zero-order valence-electron chi connectivity index (χ0n) is 11.6. The van der Waals surface area contributed by atoms with E-state index < -0.39 is 0 Å². The van der Waals surface area contributed by atoms with Crippen LogP contribution in [0.1, 0.15) is 11.1 Å². The Kier molecular flexibility index (Phi) is 4.34. The van der Waals surface area contributed by atoms with Gasteiger partial charge in [0.25, 0.3) is 0 Å². The lowest BCUT2D eigenvalue weighted by molar-refractivity contribution is -0.117. The summed E-state index contributed by atoms with van der Waals surface area (Å²) in [5.74, 6) is 0.257. The molecule has 0 atom stereocenters. The smallest absolute Gasteiger partial charge is 0.141 e. The fourth-order valence-electron chi connectivity index (χ4n) is 2.55. The lowest BCUT2D eigenvalue weighted by Crippen LogP contribution is -2.07. The first-order valence-corrected chi connectivity index (χ1v) is 8.03. The van der Waals surface area contributed by atoms with Crippen molar-refractivity contribution < 1.29 is 4.79 Å². The van der Waals surface area contributed by atoms with Crippen LogP contribution in [0.5, 0.6) is 0 Å². The van der Waals surface area contributed by atoms with Crippen molar-refractivity contribution in [2.45, 2.75) is 12.8 Å². The average molecular weight is 386 g/mol. The number of rotatable bonds is 4. The molecule has 0 N–H and O–H groups in total. The first-order chi connectivity index (χ1) is 10.2. The molecule has 1 nitrogen and oxygen atoms in total. The Morgan fingerprint density at radius 1 is 0.810 bits per heavy atom. The van der Waals surface area contributed by atoms with Gasteiger partial charge in [-0.1, -0.05) is 54.6 Å². The van der Waals surface area contributed by atoms with Crippen LogP contribution in [0.2, 0.25) is 0 Å². The summed E-state index contributed by atoms with van der Waals surface area (Å²) in [5, 5.41) is 2.37. The number of ketones is 1. The summed E-state index contributed by atoms with van der Waals surface area (Å²) in [6.45, 7) is 0. The first-order valence-electron chi connectivity index (χ1n) is 6.95. The van der Waals surface area contributed by atoms with Gasteiger partial charge in [-0.15, -0.1) is 0 Å². The van der Waals surface area contributed by atoms with E-state index >= 15 is 0 Å². The monoisotopic (exact) mass is 386 g/mol. The highest BCUT2D eigenvalue weighted by atomic mass is 127. The lowest BCUT2D eigenvalue weighted by atomic mass is 9.98. The predicted molar refractivity (Wildman–Crippen MR) is 95.5 cm³/mol. The third kappa shape index (κ3) is 3.50. The highest BCUT2D eigenvalue weighted by molar-refractivity contribution is 14.1. The molecule has 0 aliphatic heterocycles. The molecule has 0 radical (unpaired) electrons. The molecule has 0 aliphatic rings. The van der Waals surface area contributed by atoms with Crippen LogP contribution < -0.4 is 0 Å². The number of Topliss-reactive ketones (excluding diaryl/α,β-unsaturated/α-hetero) is 1. The standard InChI is InChI=1S/C19H15IO/c20-17-10-8-14(9-11-17)12-18(21)13-16-6-3-5-15-4-1-2-7-19(15)16/h1-11H,12-13H2. The first kappa shape index (κ1) is 14.3. The molecule has 104 valence electrons. The van der Waals surface area contributed by atoms with Crippen molar-refractivity contribution in [2.24, 2.45) is 0 Å². The van der Waals surface area contributed by atoms with Crippen molar-refractivity contribution in [1.82, 2.24) is 0 Å². The van der Waals surface area contributed by atoms with E-state index in [9.17, 15) is 4.79 Å². The molecule has 0 aromatic heterocycles. The number of carbonyl (C=O) groups is 1. The van der Waals surface area contributed by atoms with Crippen LogP contribution in [0, 0.1) is 3.57 Å². The van der Waals surface area contributed by atoms with Crippen LogP contribution in [0.15, 0.2) is 66.7 Å². The summed E-state index contributed by atoms with van der Waals surface area (Å²) in [4.78, 5) is 12.3. The van der Waals surface area contributed by atoms with E-state index in [2.05, 4.69) is 40.8 Å². The molecule has 0 saturated heterocycles. The highest BCUT2D eigenvalue weighted by Crippen LogP contribution is 2.19. The molecule has 0 bridgehead atoms. The Morgan fingerprint density at radius 3 is 2.33 bits per heavy atom. The van der Waals surface area contributed by atoms with Crippen molar-refractivity contribution in [1.29, 1.82) is 0 Å². The molecule has 0 aliphatic carbocycles. The predicted octanol–water partition coefficient (Wildman–Crippen LogP) is 4.80. The normalized spacial score (nSPS) is 10.7. The highest BCUT2D eigenvalue weighted by Gasteiger charge is 2.08. The summed E-state index contributed by atoms with van der Waals surface area (Å²) in [7, 11) is 0. The zero-order chi connectivity index (χ0) is 14.7. The van der Waals surface area contributed by atoms with E-state index in [1.807, 2.05) is 48.5 Å². The topological polar surface area (TPSA) is 17.1 Å². The van der Waals surface area contributed by atoms with Crippen molar-refractivity contribution in [3.05, 3.63) is 81.4 Å². The minimum Gasteiger partial charge on any atom is -0.299 e. The van der Waals surface area contributed by atoms with E-state index in [0.29, 0.717) is 12.8 Å². The Morgan fingerprint density at radius 2 is 1.52 bits per heavy atom. The molecule has 2 heteroatoms. The SMILES string of the molecule is O=C(Cc1ccc(I)cc1)Cc1cccc2ccccc12. The third-order valence-electron chi connectivity index (χ3n) is 3.58. The summed E-state index contributed by atoms with van der Waals surface area (Å²) >= 11 is 2.27. The fourth-order valence-corrected chi connectivity index (χ4v) is 2.91. The van der Waals surface area contributed by atoms with Crippen LogP contribution in [0.4, 0.5) is 0 Å². The fraction of sp³-hybridized carbons (Fsp3) is 0.105. The van der Waals surface area contributed by atoms with Crippen LogP contribution in [-0.4, -0.2) is 5.78 Å². The van der Waals surface area contributed by atoms with Gasteiger partial charge in [0.1, 0.15) is 5.78 Å². The van der Waals surface area contributed by atoms with Gasteiger partial charge in [0.2, 0.25) is 0 Å². The Bertz CT molecular complexity index is 770. The second-order valence-electron chi connectivity index (χ2n) is 5.16. The quantitative estimate of drug-likeness (QED) is 0.589. The van der Waals surface area contributed by atoms with Crippen molar-refractivity contribution in [3.8, 4) is 0 Å². The number of hydrogen-bond acceptors (Lipinski definition) is 1. The average Bonchev–Trinajstić information content (AvgIpc) is 2.50. The molecule has 0 unspecified atom stereocenters. The molecule has 0 heterocycles. The van der Waals surface area contributed by atoms with Gasteiger partial charge >= 0.3 is 0 Å². The van der Waals surface area contributed by atoms with Crippen LogP contribution in [-0.2, 0) is 17.6 Å². The van der Waals surface area contributed by atoms with E-state index in [1.165, 1.54) is 14.3 Å². The number of fused-ring (bicyclic) bond motifs is 1. The summed E-state index contributed by atoms with van der Waals surface area (Å²) < 4.78 is 1.19. The van der Waals surface area contributed by atoms with Gasteiger partial charge < -0.3 is 0 Å². The van der Waals surface area contributed by atoms with E-state index in [0.717, 1.165) is 11.1 Å². The molecule has 0 spiro atoms. The van der Waals surface area contributed by atoms with Gasteiger partial charge in [0.15, 0.2) is 0 Å². The molecule has 0 saturated carbocycles. The maximum atomic E-state index is 12.3. The molecule has 3 aromatic rings. The van der Waals surface area contributed by atoms with Gasteiger partial charge in [0.05, 0.1) is 0 Å². The Balaban J connectivity index is 1.79.